The maximum absolute atomic E-state index is 14.2. The zero-order chi connectivity index (χ0) is 41.0. The molecule has 6 aromatic rings. The van der Waals surface area contributed by atoms with Crippen LogP contribution < -0.4 is 16.1 Å². The van der Waals surface area contributed by atoms with E-state index in [1.807, 2.05) is 52.0 Å². The summed E-state index contributed by atoms with van der Waals surface area (Å²) >= 11 is 0. The number of ether oxygens (including phenoxy) is 2. The minimum Gasteiger partial charge on any atom is -0.453 e. The van der Waals surface area contributed by atoms with Crippen molar-refractivity contribution in [1.82, 2.24) is 40.4 Å². The second-order valence-corrected chi connectivity index (χ2v) is 16.1. The van der Waals surface area contributed by atoms with E-state index < -0.39 is 24.3 Å². The van der Waals surface area contributed by atoms with Gasteiger partial charge in [-0.2, -0.15) is 0 Å². The number of nitrogens with one attached hydrogen (secondary N) is 4. The normalized spacial score (nSPS) is 18.2. The molecular formula is C43H48N8O7. The second-order valence-electron chi connectivity index (χ2n) is 16.1. The fourth-order valence-corrected chi connectivity index (χ4v) is 8.83. The first kappa shape index (κ1) is 38.6. The van der Waals surface area contributed by atoms with Crippen LogP contribution >= 0.6 is 0 Å². The Hall–Kier alpha value is -6.25. The topological polar surface area (TPSA) is 192 Å². The summed E-state index contributed by atoms with van der Waals surface area (Å²) in [5.74, 6) is 0.641. The number of H-pyrrole nitrogens is 2. The van der Waals surface area contributed by atoms with Crippen molar-refractivity contribution in [3.63, 3.8) is 0 Å². The van der Waals surface area contributed by atoms with E-state index in [0.29, 0.717) is 35.5 Å². The second kappa shape index (κ2) is 15.3. The van der Waals surface area contributed by atoms with Crippen molar-refractivity contribution in [2.45, 2.75) is 77.5 Å². The van der Waals surface area contributed by atoms with Crippen LogP contribution in [0.1, 0.15) is 77.1 Å². The van der Waals surface area contributed by atoms with Gasteiger partial charge in [-0.3, -0.25) is 14.4 Å². The lowest BCUT2D eigenvalue weighted by atomic mass is 9.97. The fraction of sp³-hybridized carbons (Fsp3) is 0.419. The Morgan fingerprint density at radius 3 is 1.48 bits per heavy atom. The highest BCUT2D eigenvalue weighted by molar-refractivity contribution is 6.27. The Labute approximate surface area is 334 Å². The molecular weight excluding hydrogens is 741 g/mol. The van der Waals surface area contributed by atoms with E-state index in [0.717, 1.165) is 69.7 Å². The average molecular weight is 789 g/mol. The Morgan fingerprint density at radius 1 is 0.690 bits per heavy atom. The van der Waals surface area contributed by atoms with Crippen LogP contribution in [0.5, 0.6) is 0 Å². The third-order valence-electron chi connectivity index (χ3n) is 11.8. The van der Waals surface area contributed by atoms with Gasteiger partial charge in [0.15, 0.2) is 5.43 Å². The summed E-state index contributed by atoms with van der Waals surface area (Å²) in [4.78, 5) is 85.5. The summed E-state index contributed by atoms with van der Waals surface area (Å²) in [6, 6.07) is 9.94. The molecule has 15 heteroatoms. The van der Waals surface area contributed by atoms with E-state index in [-0.39, 0.29) is 41.2 Å². The molecule has 15 nitrogen and oxygen atoms in total. The van der Waals surface area contributed by atoms with Gasteiger partial charge >= 0.3 is 12.2 Å². The number of likely N-dealkylation sites (tertiary alicyclic amines) is 2. The van der Waals surface area contributed by atoms with Crippen molar-refractivity contribution in [1.29, 1.82) is 0 Å². The number of aromatic nitrogens is 4. The molecule has 0 bridgehead atoms. The molecule has 58 heavy (non-hydrogen) atoms. The van der Waals surface area contributed by atoms with Crippen molar-refractivity contribution in [2.24, 2.45) is 11.8 Å². The van der Waals surface area contributed by atoms with Crippen molar-refractivity contribution in [2.75, 3.05) is 27.3 Å². The Bertz CT molecular complexity index is 2410. The van der Waals surface area contributed by atoms with Crippen LogP contribution in [0.25, 0.3) is 54.8 Å². The van der Waals surface area contributed by atoms with Crippen molar-refractivity contribution < 1.29 is 28.7 Å². The number of hydrogen-bond donors (Lipinski definition) is 4. The molecule has 2 aromatic heterocycles. The Kier molecular flexibility index (Phi) is 10.2. The van der Waals surface area contributed by atoms with E-state index in [1.165, 1.54) is 14.2 Å². The lowest BCUT2D eigenvalue weighted by Crippen LogP contribution is -2.51. The summed E-state index contributed by atoms with van der Waals surface area (Å²) in [5, 5.41) is 10.3. The van der Waals surface area contributed by atoms with Gasteiger partial charge in [-0.1, -0.05) is 39.8 Å². The summed E-state index contributed by atoms with van der Waals surface area (Å²) in [6.07, 6.45) is 5.23. The van der Waals surface area contributed by atoms with E-state index in [9.17, 15) is 24.0 Å². The predicted molar refractivity (Wildman–Crippen MR) is 218 cm³/mol. The number of amides is 4. The third-order valence-corrected chi connectivity index (χ3v) is 11.8. The maximum Gasteiger partial charge on any atom is 0.407 e. The van der Waals surface area contributed by atoms with Crippen molar-refractivity contribution >= 4 is 56.3 Å². The molecule has 2 fully saturated rings. The summed E-state index contributed by atoms with van der Waals surface area (Å²) in [5.41, 5.74) is 3.00. The lowest BCUT2D eigenvalue weighted by molar-refractivity contribution is -0.136. The minimum atomic E-state index is -0.735. The molecule has 4 amide bonds. The van der Waals surface area contributed by atoms with E-state index in [1.54, 1.807) is 22.2 Å². The van der Waals surface area contributed by atoms with Gasteiger partial charge in [0.1, 0.15) is 23.7 Å². The SMILES string of the molecule is COC(=O)N[C@H](C(=O)N1CCC[C@H]1c1ncc(-c2cc3ccc4cc(-c5cnc([C@@H]6CCCN6C(=O)[C@@H](NC(=O)OC)C(C)C)[nH]5)cc5c(=O)c(c2)c3c45)[nH]1)C(C)C. The van der Waals surface area contributed by atoms with Crippen LogP contribution in [0.3, 0.4) is 0 Å². The van der Waals surface area contributed by atoms with Gasteiger partial charge in [-0.25, -0.2) is 19.6 Å². The molecule has 302 valence electrons. The monoisotopic (exact) mass is 788 g/mol. The quantitative estimate of drug-likeness (QED) is 0.116. The number of methoxy groups -OCH3 is 2. The molecule has 4 atom stereocenters. The van der Waals surface area contributed by atoms with Gasteiger partial charge in [0.2, 0.25) is 11.8 Å². The molecule has 2 aliphatic rings. The lowest BCUT2D eigenvalue weighted by Gasteiger charge is -2.30. The van der Waals surface area contributed by atoms with Crippen LogP contribution in [0, 0.1) is 11.8 Å². The van der Waals surface area contributed by atoms with Crippen LogP contribution in [-0.4, -0.2) is 93.1 Å². The van der Waals surface area contributed by atoms with E-state index in [4.69, 9.17) is 19.4 Å². The highest BCUT2D eigenvalue weighted by atomic mass is 16.5. The number of benzene rings is 3. The number of carbonyl (C=O) groups is 4. The van der Waals surface area contributed by atoms with Gasteiger partial charge in [-0.05, 0) is 72.6 Å². The zero-order valence-corrected chi connectivity index (χ0v) is 33.5. The molecule has 2 aliphatic heterocycles. The number of rotatable bonds is 10. The van der Waals surface area contributed by atoms with E-state index >= 15 is 0 Å². The molecule has 0 radical (unpaired) electrons. The highest BCUT2D eigenvalue weighted by Crippen LogP contribution is 2.40. The molecule has 4 heterocycles. The minimum absolute atomic E-state index is 0.0739. The van der Waals surface area contributed by atoms with Crippen LogP contribution in [0.4, 0.5) is 9.59 Å². The van der Waals surface area contributed by atoms with Gasteiger partial charge in [0, 0.05) is 45.8 Å². The summed E-state index contributed by atoms with van der Waals surface area (Å²) in [6.45, 7) is 8.62. The van der Waals surface area contributed by atoms with Gasteiger partial charge < -0.3 is 39.9 Å². The molecule has 2 saturated heterocycles. The van der Waals surface area contributed by atoms with Crippen LogP contribution in [-0.2, 0) is 19.1 Å². The first-order chi connectivity index (χ1) is 27.9. The van der Waals surface area contributed by atoms with Crippen LogP contribution in [0.15, 0.2) is 53.6 Å². The number of alkyl carbamates (subject to hydrolysis) is 2. The van der Waals surface area contributed by atoms with Gasteiger partial charge in [0.25, 0.3) is 0 Å². The fourth-order valence-electron chi connectivity index (χ4n) is 8.83. The maximum atomic E-state index is 14.2. The molecule has 0 aliphatic carbocycles. The third kappa shape index (κ3) is 6.71. The molecule has 4 aromatic carbocycles. The molecule has 8 rings (SSSR count). The zero-order valence-electron chi connectivity index (χ0n) is 33.5. The number of carbonyl (C=O) groups excluding carboxylic acids is 4. The van der Waals surface area contributed by atoms with Crippen LogP contribution in [0.2, 0.25) is 0 Å². The Balaban J connectivity index is 1.07. The van der Waals surface area contributed by atoms with Crippen molar-refractivity contribution in [3.8, 4) is 22.5 Å². The van der Waals surface area contributed by atoms with Crippen molar-refractivity contribution in [3.05, 3.63) is 70.7 Å². The first-order valence-corrected chi connectivity index (χ1v) is 19.9. The standard InChI is InChI=1S/C43H48N8O7/c1-21(2)35(48-42(55)57-5)40(53)50-13-7-9-31(50)38-44-19-29(46-38)25-15-23-11-12-24-16-26(18-28-34(24)33(23)27(17-25)37(28)52)30-20-45-39(47-30)32-10-8-14-51(32)41(54)36(22(3)4)49-43(56)58-6/h11-12,15-22,31-32,35-36H,7-10,13-14H2,1-6H3,(H,44,46)(H,45,47)(H,48,55)(H,49,56)/t31-,32-,35-,36-/m0/s1. The average Bonchev–Trinajstić information content (AvgIpc) is 4.07. The first-order valence-electron chi connectivity index (χ1n) is 19.9. The smallest absolute Gasteiger partial charge is 0.407 e. The number of aromatic amines is 2. The molecule has 4 N–H and O–H groups in total. The highest BCUT2D eigenvalue weighted by Gasteiger charge is 2.39. The molecule has 0 unspecified atom stereocenters. The number of nitrogens with zero attached hydrogens (tertiary/aromatic N) is 4. The van der Waals surface area contributed by atoms with Gasteiger partial charge in [0.05, 0.1) is 50.1 Å². The summed E-state index contributed by atoms with van der Waals surface area (Å²) < 4.78 is 9.54. The predicted octanol–water partition coefficient (Wildman–Crippen LogP) is 6.25. The Morgan fingerprint density at radius 2 is 1.10 bits per heavy atom. The number of imidazole rings is 2. The summed E-state index contributed by atoms with van der Waals surface area (Å²) in [7, 11) is 2.55. The van der Waals surface area contributed by atoms with Gasteiger partial charge in [-0.15, -0.1) is 0 Å². The van der Waals surface area contributed by atoms with E-state index in [2.05, 4.69) is 32.7 Å². The molecule has 0 spiro atoms. The molecule has 0 saturated carbocycles. The number of hydrogen-bond acceptors (Lipinski definition) is 9. The largest absolute Gasteiger partial charge is 0.453 e.